The minimum absolute atomic E-state index is 0.110. The molecule has 164 valence electrons. The molecule has 0 unspecified atom stereocenters. The van der Waals surface area contributed by atoms with Gasteiger partial charge in [0.2, 0.25) is 5.72 Å². The van der Waals surface area contributed by atoms with Crippen LogP contribution in [-0.2, 0) is 6.54 Å². The van der Waals surface area contributed by atoms with Crippen molar-refractivity contribution in [3.05, 3.63) is 88.3 Å². The summed E-state index contributed by atoms with van der Waals surface area (Å²) in [5.41, 5.74) is 2.99. The van der Waals surface area contributed by atoms with Gasteiger partial charge in [-0.25, -0.2) is 5.01 Å². The molecule has 3 aliphatic rings. The third kappa shape index (κ3) is 3.40. The van der Waals surface area contributed by atoms with Gasteiger partial charge in [-0.3, -0.25) is 4.90 Å². The van der Waals surface area contributed by atoms with E-state index in [4.69, 9.17) is 25.9 Å². The highest BCUT2D eigenvalue weighted by Gasteiger charge is 2.52. The van der Waals surface area contributed by atoms with E-state index >= 15 is 0 Å². The Kier molecular flexibility index (Phi) is 4.77. The molecule has 1 atom stereocenters. The molecule has 6 rings (SSSR count). The number of rotatable bonds is 3. The van der Waals surface area contributed by atoms with Gasteiger partial charge in [-0.1, -0.05) is 41.9 Å². The second-order valence-corrected chi connectivity index (χ2v) is 9.45. The molecule has 4 heterocycles. The van der Waals surface area contributed by atoms with Crippen molar-refractivity contribution >= 4 is 17.3 Å². The fourth-order valence-electron chi connectivity index (χ4n) is 5.22. The zero-order valence-electron chi connectivity index (χ0n) is 18.1. The molecule has 3 aromatic rings. The van der Waals surface area contributed by atoms with Crippen molar-refractivity contribution in [2.45, 2.75) is 44.5 Å². The standard InChI is InChI=1S/C26H26ClN3O2/c1-18-7-9-25(31-18)22-16-23-21-15-20(27)8-10-24(21)32-26(30(23)28-22)11-13-29(14-12-26)17-19-5-3-2-4-6-19/h2-10,15,23H,11-14,16-17H2,1H3/t23-/m0/s1. The number of ether oxygens (including phenoxy) is 1. The van der Waals surface area contributed by atoms with Crippen LogP contribution in [0.4, 0.5) is 0 Å². The summed E-state index contributed by atoms with van der Waals surface area (Å²) in [6, 6.07) is 20.7. The van der Waals surface area contributed by atoms with Crippen molar-refractivity contribution in [3.8, 4) is 5.75 Å². The van der Waals surface area contributed by atoms with Crippen molar-refractivity contribution in [3.63, 3.8) is 0 Å². The van der Waals surface area contributed by atoms with Crippen molar-refractivity contribution in [1.82, 2.24) is 9.91 Å². The fourth-order valence-corrected chi connectivity index (χ4v) is 5.40. The maximum absolute atomic E-state index is 6.72. The molecule has 6 heteroatoms. The maximum atomic E-state index is 6.72. The van der Waals surface area contributed by atoms with E-state index in [2.05, 4.69) is 40.2 Å². The lowest BCUT2D eigenvalue weighted by Crippen LogP contribution is -2.59. The Morgan fingerprint density at radius 1 is 1.06 bits per heavy atom. The molecule has 0 N–H and O–H groups in total. The van der Waals surface area contributed by atoms with E-state index in [9.17, 15) is 0 Å². The SMILES string of the molecule is Cc1ccc(C2=NN3[C@@H](C2)c2cc(Cl)ccc2OC32CCN(Cc3ccccc3)CC2)o1. The largest absolute Gasteiger partial charge is 0.466 e. The van der Waals surface area contributed by atoms with E-state index in [0.29, 0.717) is 0 Å². The normalized spacial score (nSPS) is 21.8. The Labute approximate surface area is 193 Å². The van der Waals surface area contributed by atoms with E-state index in [-0.39, 0.29) is 6.04 Å². The van der Waals surface area contributed by atoms with Gasteiger partial charge in [0.05, 0.1) is 6.04 Å². The van der Waals surface area contributed by atoms with Gasteiger partial charge in [0, 0.05) is 49.5 Å². The Balaban J connectivity index is 1.31. The van der Waals surface area contributed by atoms with E-state index < -0.39 is 5.72 Å². The lowest BCUT2D eigenvalue weighted by molar-refractivity contribution is -0.150. The average molecular weight is 448 g/mol. The Hall–Kier alpha value is -2.76. The predicted octanol–water partition coefficient (Wildman–Crippen LogP) is 5.78. The maximum Gasteiger partial charge on any atom is 0.200 e. The minimum atomic E-state index is -0.442. The third-order valence-electron chi connectivity index (χ3n) is 6.87. The molecular formula is C26H26ClN3O2. The highest BCUT2D eigenvalue weighted by molar-refractivity contribution is 6.30. The molecule has 1 fully saturated rings. The van der Waals surface area contributed by atoms with Gasteiger partial charge in [0.1, 0.15) is 23.0 Å². The second-order valence-electron chi connectivity index (χ2n) is 9.01. The number of piperidine rings is 1. The van der Waals surface area contributed by atoms with E-state index in [1.807, 2.05) is 37.3 Å². The van der Waals surface area contributed by atoms with E-state index in [0.717, 1.165) is 72.5 Å². The number of hydrogen-bond donors (Lipinski definition) is 0. The number of benzene rings is 2. The van der Waals surface area contributed by atoms with Crippen molar-refractivity contribution in [2.75, 3.05) is 13.1 Å². The topological polar surface area (TPSA) is 41.2 Å². The molecule has 32 heavy (non-hydrogen) atoms. The fraction of sp³-hybridized carbons (Fsp3) is 0.346. The molecule has 1 aromatic heterocycles. The smallest absolute Gasteiger partial charge is 0.200 e. The summed E-state index contributed by atoms with van der Waals surface area (Å²) >= 11 is 6.36. The first-order valence-corrected chi connectivity index (χ1v) is 11.7. The van der Waals surface area contributed by atoms with Crippen LogP contribution in [0.3, 0.4) is 0 Å². The van der Waals surface area contributed by atoms with Crippen LogP contribution in [0.1, 0.15) is 48.0 Å². The van der Waals surface area contributed by atoms with Crippen LogP contribution in [0.15, 0.2) is 70.2 Å². The zero-order valence-corrected chi connectivity index (χ0v) is 18.9. The molecular weight excluding hydrogens is 422 g/mol. The van der Waals surface area contributed by atoms with Crippen LogP contribution < -0.4 is 4.74 Å². The number of halogens is 1. The summed E-state index contributed by atoms with van der Waals surface area (Å²) in [4.78, 5) is 2.51. The van der Waals surface area contributed by atoms with Gasteiger partial charge >= 0.3 is 0 Å². The quantitative estimate of drug-likeness (QED) is 0.510. The summed E-state index contributed by atoms with van der Waals surface area (Å²) < 4.78 is 12.6. The molecule has 1 spiro atoms. The lowest BCUT2D eigenvalue weighted by atomic mass is 9.91. The molecule has 1 saturated heterocycles. The Morgan fingerprint density at radius 3 is 2.62 bits per heavy atom. The zero-order chi connectivity index (χ0) is 21.7. The molecule has 3 aliphatic heterocycles. The van der Waals surface area contributed by atoms with E-state index in [1.165, 1.54) is 5.56 Å². The van der Waals surface area contributed by atoms with Gasteiger partial charge in [-0.15, -0.1) is 0 Å². The van der Waals surface area contributed by atoms with Gasteiger partial charge in [-0.2, -0.15) is 5.10 Å². The minimum Gasteiger partial charge on any atom is -0.466 e. The first-order valence-electron chi connectivity index (χ1n) is 11.3. The summed E-state index contributed by atoms with van der Waals surface area (Å²) in [5.74, 6) is 2.67. The number of hydrazone groups is 1. The number of likely N-dealkylation sites (tertiary alicyclic amines) is 1. The molecule has 0 saturated carbocycles. The Morgan fingerprint density at radius 2 is 1.88 bits per heavy atom. The molecule has 0 aliphatic carbocycles. The summed E-state index contributed by atoms with van der Waals surface area (Å²) in [6.07, 6.45) is 2.58. The van der Waals surface area contributed by atoms with Crippen LogP contribution in [0.25, 0.3) is 0 Å². The highest BCUT2D eigenvalue weighted by Crippen LogP contribution is 2.50. The predicted molar refractivity (Wildman–Crippen MR) is 125 cm³/mol. The highest BCUT2D eigenvalue weighted by atomic mass is 35.5. The number of furan rings is 1. The van der Waals surface area contributed by atoms with Gasteiger partial charge in [0.25, 0.3) is 0 Å². The first kappa shape index (κ1) is 19.9. The summed E-state index contributed by atoms with van der Waals surface area (Å²) in [6.45, 7) is 4.86. The van der Waals surface area contributed by atoms with Crippen molar-refractivity contribution < 1.29 is 9.15 Å². The van der Waals surface area contributed by atoms with Gasteiger partial charge in [0.15, 0.2) is 0 Å². The Bertz CT molecular complexity index is 1160. The molecule has 0 radical (unpaired) electrons. The first-order chi connectivity index (χ1) is 15.6. The monoisotopic (exact) mass is 447 g/mol. The average Bonchev–Trinajstić information content (AvgIpc) is 3.44. The van der Waals surface area contributed by atoms with Crippen LogP contribution in [0.5, 0.6) is 5.75 Å². The summed E-state index contributed by atoms with van der Waals surface area (Å²) in [5, 5.41) is 8.01. The van der Waals surface area contributed by atoms with Crippen molar-refractivity contribution in [2.24, 2.45) is 5.10 Å². The lowest BCUT2D eigenvalue weighted by Gasteiger charge is -2.51. The number of hydrogen-bond acceptors (Lipinski definition) is 5. The van der Waals surface area contributed by atoms with Gasteiger partial charge < -0.3 is 9.15 Å². The van der Waals surface area contributed by atoms with Crippen LogP contribution in [0.2, 0.25) is 5.02 Å². The van der Waals surface area contributed by atoms with Crippen LogP contribution in [-0.4, -0.2) is 34.4 Å². The third-order valence-corrected chi connectivity index (χ3v) is 7.10. The second kappa shape index (κ2) is 7.68. The van der Waals surface area contributed by atoms with Crippen LogP contribution in [0, 0.1) is 6.92 Å². The molecule has 5 nitrogen and oxygen atoms in total. The van der Waals surface area contributed by atoms with Crippen LogP contribution >= 0.6 is 11.6 Å². The number of fused-ring (bicyclic) bond motifs is 4. The van der Waals surface area contributed by atoms with Gasteiger partial charge in [-0.05, 0) is 42.8 Å². The molecule has 2 aromatic carbocycles. The number of aryl methyl sites for hydroxylation is 1. The molecule has 0 amide bonds. The summed E-state index contributed by atoms with van der Waals surface area (Å²) in [7, 11) is 0. The molecule has 0 bridgehead atoms. The number of nitrogens with zero attached hydrogens (tertiary/aromatic N) is 3. The van der Waals surface area contributed by atoms with Crippen molar-refractivity contribution in [1.29, 1.82) is 0 Å². The van der Waals surface area contributed by atoms with E-state index in [1.54, 1.807) is 0 Å².